The largest absolute Gasteiger partial charge is 0.427 e. The first-order valence-corrected chi connectivity index (χ1v) is 8.14. The molecule has 0 radical (unpaired) electrons. The predicted molar refractivity (Wildman–Crippen MR) is 93.0 cm³/mol. The molecule has 0 unspecified atom stereocenters. The molecule has 0 atom stereocenters. The van der Waals surface area contributed by atoms with Crippen LogP contribution in [0.15, 0.2) is 48.5 Å². The molecular formula is C19H17ClO5. The lowest BCUT2D eigenvalue weighted by molar-refractivity contribution is -0.134. The van der Waals surface area contributed by atoms with Gasteiger partial charge in [0, 0.05) is 13.3 Å². The van der Waals surface area contributed by atoms with Gasteiger partial charge in [-0.1, -0.05) is 24.3 Å². The van der Waals surface area contributed by atoms with E-state index in [-0.39, 0.29) is 24.5 Å². The molecule has 6 heteroatoms. The highest BCUT2D eigenvalue weighted by Crippen LogP contribution is 2.16. The second-order valence-electron chi connectivity index (χ2n) is 5.38. The molecule has 25 heavy (non-hydrogen) atoms. The smallest absolute Gasteiger partial charge is 0.315 e. The van der Waals surface area contributed by atoms with E-state index < -0.39 is 11.9 Å². The number of hydrogen-bond acceptors (Lipinski definition) is 5. The van der Waals surface area contributed by atoms with Gasteiger partial charge in [0.15, 0.2) is 5.78 Å². The Morgan fingerprint density at radius 2 is 1.28 bits per heavy atom. The zero-order valence-electron chi connectivity index (χ0n) is 13.7. The van der Waals surface area contributed by atoms with Gasteiger partial charge in [0.05, 0.1) is 12.3 Å². The number of alkyl halides is 1. The second-order valence-corrected chi connectivity index (χ2v) is 5.65. The van der Waals surface area contributed by atoms with Crippen LogP contribution in [0.4, 0.5) is 0 Å². The minimum absolute atomic E-state index is 0.0208. The molecule has 0 aliphatic carbocycles. The van der Waals surface area contributed by atoms with Crippen molar-refractivity contribution in [3.8, 4) is 11.5 Å². The summed E-state index contributed by atoms with van der Waals surface area (Å²) >= 11 is 5.47. The fourth-order valence-electron chi connectivity index (χ4n) is 2.13. The Bertz CT molecular complexity index is 750. The summed E-state index contributed by atoms with van der Waals surface area (Å²) < 4.78 is 10.2. The lowest BCUT2D eigenvalue weighted by atomic mass is 10.1. The number of halogens is 1. The van der Waals surface area contributed by atoms with E-state index in [0.29, 0.717) is 11.5 Å². The number of esters is 2. The van der Waals surface area contributed by atoms with E-state index in [0.717, 1.165) is 11.1 Å². The number of benzene rings is 2. The maximum absolute atomic E-state index is 12.0. The number of ether oxygens (including phenoxy) is 2. The third-order valence-electron chi connectivity index (χ3n) is 3.24. The quantitative estimate of drug-likeness (QED) is 0.431. The van der Waals surface area contributed by atoms with Crippen LogP contribution in [0.25, 0.3) is 0 Å². The van der Waals surface area contributed by atoms with E-state index >= 15 is 0 Å². The van der Waals surface area contributed by atoms with Crippen molar-refractivity contribution in [2.24, 2.45) is 0 Å². The molecule has 2 aromatic carbocycles. The van der Waals surface area contributed by atoms with E-state index in [1.165, 1.54) is 6.92 Å². The van der Waals surface area contributed by atoms with Crippen LogP contribution in [0.3, 0.4) is 0 Å². The summed E-state index contributed by atoms with van der Waals surface area (Å²) in [5.41, 5.74) is 1.55. The summed E-state index contributed by atoms with van der Waals surface area (Å²) in [6, 6.07) is 13.3. The fraction of sp³-hybridized carbons (Fsp3) is 0.211. The van der Waals surface area contributed by atoms with E-state index in [1.807, 2.05) is 0 Å². The summed E-state index contributed by atoms with van der Waals surface area (Å²) in [7, 11) is 0. The van der Waals surface area contributed by atoms with Crippen molar-refractivity contribution in [2.75, 3.05) is 5.88 Å². The Morgan fingerprint density at radius 1 is 0.800 bits per heavy atom. The summed E-state index contributed by atoms with van der Waals surface area (Å²) in [5, 5.41) is 0. The highest BCUT2D eigenvalue weighted by molar-refractivity contribution is 6.27. The molecule has 130 valence electrons. The maximum atomic E-state index is 12.0. The van der Waals surface area contributed by atoms with Gasteiger partial charge < -0.3 is 9.47 Å². The van der Waals surface area contributed by atoms with E-state index in [9.17, 15) is 14.4 Å². The second kappa shape index (κ2) is 8.99. The number of hydrogen-bond donors (Lipinski definition) is 0. The minimum Gasteiger partial charge on any atom is -0.427 e. The molecule has 2 aromatic rings. The van der Waals surface area contributed by atoms with Crippen molar-refractivity contribution < 1.29 is 23.9 Å². The Kier molecular flexibility index (Phi) is 6.71. The summed E-state index contributed by atoms with van der Waals surface area (Å²) in [6.07, 6.45) is 0.346. The average molecular weight is 361 g/mol. The van der Waals surface area contributed by atoms with Crippen LogP contribution in [0.1, 0.15) is 18.1 Å². The van der Waals surface area contributed by atoms with E-state index in [1.54, 1.807) is 48.5 Å². The van der Waals surface area contributed by atoms with Gasteiger partial charge in [-0.05, 0) is 35.4 Å². The number of ketones is 1. The highest BCUT2D eigenvalue weighted by Gasteiger charge is 2.08. The number of rotatable bonds is 7. The third kappa shape index (κ3) is 6.39. The molecule has 0 aromatic heterocycles. The van der Waals surface area contributed by atoms with Crippen LogP contribution in [-0.2, 0) is 27.2 Å². The SMILES string of the molecule is CC(=O)Oc1ccc(CC(=O)Oc2ccc(CC(=O)CCl)cc2)cc1. The molecule has 5 nitrogen and oxygen atoms in total. The van der Waals surface area contributed by atoms with Crippen LogP contribution in [0.2, 0.25) is 0 Å². The van der Waals surface area contributed by atoms with Crippen LogP contribution in [0, 0.1) is 0 Å². The first-order valence-electron chi connectivity index (χ1n) is 7.61. The normalized spacial score (nSPS) is 10.2. The minimum atomic E-state index is -0.412. The Morgan fingerprint density at radius 3 is 1.76 bits per heavy atom. The lowest BCUT2D eigenvalue weighted by Gasteiger charge is -2.06. The Labute approximate surface area is 150 Å². The van der Waals surface area contributed by atoms with Crippen LogP contribution >= 0.6 is 11.6 Å². The zero-order valence-corrected chi connectivity index (χ0v) is 14.4. The first-order chi connectivity index (χ1) is 12.0. The van der Waals surface area contributed by atoms with E-state index in [2.05, 4.69) is 0 Å². The molecule has 0 aliphatic rings. The molecule has 0 spiro atoms. The van der Waals surface area contributed by atoms with Crippen molar-refractivity contribution in [2.45, 2.75) is 19.8 Å². The average Bonchev–Trinajstić information content (AvgIpc) is 2.58. The van der Waals surface area contributed by atoms with Gasteiger partial charge >= 0.3 is 11.9 Å². The van der Waals surface area contributed by atoms with Gasteiger partial charge in [0.2, 0.25) is 0 Å². The molecule has 0 aliphatic heterocycles. The van der Waals surface area contributed by atoms with Crippen molar-refractivity contribution in [1.29, 1.82) is 0 Å². The molecule has 0 bridgehead atoms. The molecule has 0 saturated heterocycles. The number of Topliss-reactive ketones (excluding diaryl/α,β-unsaturated/α-hetero) is 1. The lowest BCUT2D eigenvalue weighted by Crippen LogP contribution is -2.11. The topological polar surface area (TPSA) is 69.7 Å². The molecule has 0 amide bonds. The Balaban J connectivity index is 1.89. The van der Waals surface area contributed by atoms with Crippen LogP contribution in [-0.4, -0.2) is 23.6 Å². The van der Waals surface area contributed by atoms with Crippen molar-refractivity contribution in [3.05, 3.63) is 59.7 Å². The Hall–Kier alpha value is -2.66. The number of carbonyl (C=O) groups excluding carboxylic acids is 3. The van der Waals surface area contributed by atoms with Crippen molar-refractivity contribution in [1.82, 2.24) is 0 Å². The monoisotopic (exact) mass is 360 g/mol. The van der Waals surface area contributed by atoms with Gasteiger partial charge in [-0.2, -0.15) is 0 Å². The molecule has 0 saturated carbocycles. The maximum Gasteiger partial charge on any atom is 0.315 e. The van der Waals surface area contributed by atoms with E-state index in [4.69, 9.17) is 21.1 Å². The predicted octanol–water partition coefficient (Wildman–Crippen LogP) is 3.11. The molecule has 2 rings (SSSR count). The van der Waals surface area contributed by atoms with Crippen LogP contribution in [0.5, 0.6) is 11.5 Å². The van der Waals surface area contributed by atoms with Gasteiger partial charge in [-0.15, -0.1) is 11.6 Å². The standard InChI is InChI=1S/C19H17ClO5/c1-13(21)24-17-6-4-15(5-7-17)11-19(23)25-18-8-2-14(3-9-18)10-16(22)12-20/h2-9H,10-12H2,1H3. The third-order valence-corrected chi connectivity index (χ3v) is 3.54. The molecule has 0 fully saturated rings. The van der Waals surface area contributed by atoms with Gasteiger partial charge in [0.25, 0.3) is 0 Å². The summed E-state index contributed by atoms with van der Waals surface area (Å²) in [5.74, 6) is -0.0698. The fourth-order valence-corrected chi connectivity index (χ4v) is 2.22. The summed E-state index contributed by atoms with van der Waals surface area (Å²) in [6.45, 7) is 1.32. The zero-order chi connectivity index (χ0) is 18.2. The summed E-state index contributed by atoms with van der Waals surface area (Å²) in [4.78, 5) is 34.1. The van der Waals surface area contributed by atoms with Gasteiger partial charge in [-0.3, -0.25) is 14.4 Å². The van der Waals surface area contributed by atoms with Gasteiger partial charge in [0.1, 0.15) is 11.5 Å². The van der Waals surface area contributed by atoms with Crippen LogP contribution < -0.4 is 9.47 Å². The first kappa shape index (κ1) is 18.7. The molecular weight excluding hydrogens is 344 g/mol. The van der Waals surface area contributed by atoms with Crippen molar-refractivity contribution in [3.63, 3.8) is 0 Å². The van der Waals surface area contributed by atoms with Crippen molar-refractivity contribution >= 4 is 29.3 Å². The number of carbonyl (C=O) groups is 3. The highest BCUT2D eigenvalue weighted by atomic mass is 35.5. The molecule has 0 N–H and O–H groups in total. The molecule has 0 heterocycles. The van der Waals surface area contributed by atoms with Gasteiger partial charge in [-0.25, -0.2) is 0 Å².